The zero-order valence-electron chi connectivity index (χ0n) is 14.0. The van der Waals surface area contributed by atoms with Crippen LogP contribution in [0.1, 0.15) is 6.92 Å². The van der Waals surface area contributed by atoms with Crippen LogP contribution < -0.4 is 4.90 Å². The van der Waals surface area contributed by atoms with E-state index in [9.17, 15) is 14.4 Å². The van der Waals surface area contributed by atoms with Gasteiger partial charge >= 0.3 is 5.97 Å². The quantitative estimate of drug-likeness (QED) is 0.662. The largest absolute Gasteiger partial charge is 0.480 e. The van der Waals surface area contributed by atoms with Gasteiger partial charge in [0.15, 0.2) is 0 Å². The Hall–Kier alpha value is -3.47. The maximum Gasteiger partial charge on any atom is 0.323 e. The van der Waals surface area contributed by atoms with Crippen LogP contribution in [0, 0.1) is 6.57 Å². The molecule has 0 radical (unpaired) electrons. The van der Waals surface area contributed by atoms with Crippen molar-refractivity contribution in [2.75, 3.05) is 25.5 Å². The van der Waals surface area contributed by atoms with Gasteiger partial charge in [0.1, 0.15) is 12.3 Å². The predicted octanol–water partition coefficient (Wildman–Crippen LogP) is 1.47. The lowest BCUT2D eigenvalue weighted by Gasteiger charge is -2.25. The molecule has 1 aliphatic heterocycles. The third-order valence-corrected chi connectivity index (χ3v) is 3.62. The topological polar surface area (TPSA) is 94.6 Å². The number of rotatable bonds is 4. The van der Waals surface area contributed by atoms with Crippen molar-refractivity contribution in [2.24, 2.45) is 4.99 Å². The number of imide groups is 1. The molecule has 0 fully saturated rings. The standard InChI is InChI=1S/C17H16N4O4/c1-10-14(18-2)16(24)21(9-13(22)23)17(25)15(10)19-11-5-7-12(8-6-11)20(3)4/h5-8H,9H2,1,3-4H3,(H,22,23). The predicted molar refractivity (Wildman–Crippen MR) is 91.5 cm³/mol. The minimum atomic E-state index is -1.35. The summed E-state index contributed by atoms with van der Waals surface area (Å²) in [6, 6.07) is 7.00. The monoisotopic (exact) mass is 340 g/mol. The van der Waals surface area contributed by atoms with Crippen molar-refractivity contribution in [2.45, 2.75) is 6.92 Å². The molecule has 0 saturated carbocycles. The molecule has 0 saturated heterocycles. The van der Waals surface area contributed by atoms with Gasteiger partial charge in [-0.15, -0.1) is 0 Å². The number of carbonyl (C=O) groups excluding carboxylic acids is 2. The van der Waals surface area contributed by atoms with E-state index in [1.165, 1.54) is 6.92 Å². The summed E-state index contributed by atoms with van der Waals surface area (Å²) in [5, 5.41) is 8.90. The summed E-state index contributed by atoms with van der Waals surface area (Å²) in [6.07, 6.45) is 0. The number of hydrogen-bond acceptors (Lipinski definition) is 5. The number of carboxylic acids is 1. The van der Waals surface area contributed by atoms with Crippen LogP contribution in [0.3, 0.4) is 0 Å². The molecule has 8 heteroatoms. The van der Waals surface area contributed by atoms with Gasteiger partial charge in [0.25, 0.3) is 17.5 Å². The van der Waals surface area contributed by atoms with E-state index in [4.69, 9.17) is 11.7 Å². The third kappa shape index (κ3) is 3.55. The minimum absolute atomic E-state index is 0.107. The molecule has 0 atom stereocenters. The number of aliphatic imine (C=N–C) groups is 1. The number of benzene rings is 1. The Morgan fingerprint density at radius 1 is 1.24 bits per heavy atom. The second-order valence-corrected chi connectivity index (χ2v) is 5.55. The second-order valence-electron chi connectivity index (χ2n) is 5.55. The highest BCUT2D eigenvalue weighted by molar-refractivity contribution is 6.51. The fourth-order valence-electron chi connectivity index (χ4n) is 2.28. The molecule has 2 rings (SSSR count). The molecule has 1 N–H and O–H groups in total. The van der Waals surface area contributed by atoms with Gasteiger partial charge in [-0.25, -0.2) is 9.84 Å². The average Bonchev–Trinajstić information content (AvgIpc) is 2.56. The van der Waals surface area contributed by atoms with E-state index in [1.807, 2.05) is 31.1 Å². The minimum Gasteiger partial charge on any atom is -0.480 e. The first-order chi connectivity index (χ1) is 11.8. The molecule has 1 aliphatic rings. The van der Waals surface area contributed by atoms with Crippen molar-refractivity contribution in [3.8, 4) is 0 Å². The zero-order chi connectivity index (χ0) is 18.7. The first-order valence-corrected chi connectivity index (χ1v) is 7.29. The summed E-state index contributed by atoms with van der Waals surface area (Å²) >= 11 is 0. The molecule has 128 valence electrons. The van der Waals surface area contributed by atoms with Gasteiger partial charge in [0.2, 0.25) is 0 Å². The van der Waals surface area contributed by atoms with Crippen molar-refractivity contribution >= 4 is 34.9 Å². The van der Waals surface area contributed by atoms with Crippen LogP contribution in [0.4, 0.5) is 11.4 Å². The molecular formula is C17H16N4O4. The van der Waals surface area contributed by atoms with Gasteiger partial charge in [-0.2, -0.15) is 0 Å². The van der Waals surface area contributed by atoms with Crippen LogP contribution in [-0.2, 0) is 14.4 Å². The van der Waals surface area contributed by atoms with Crippen molar-refractivity contribution < 1.29 is 19.5 Å². The Balaban J connectivity index is 2.51. The lowest BCUT2D eigenvalue weighted by molar-refractivity contribution is -0.148. The van der Waals surface area contributed by atoms with Gasteiger partial charge in [-0.3, -0.25) is 19.3 Å². The number of anilines is 1. The summed E-state index contributed by atoms with van der Waals surface area (Å²) in [4.78, 5) is 45.3. The highest BCUT2D eigenvalue weighted by atomic mass is 16.4. The summed E-state index contributed by atoms with van der Waals surface area (Å²) < 4.78 is 0. The number of nitrogens with zero attached hydrogens (tertiary/aromatic N) is 4. The molecular weight excluding hydrogens is 324 g/mol. The van der Waals surface area contributed by atoms with Gasteiger partial charge in [-0.1, -0.05) is 0 Å². The molecule has 2 amide bonds. The number of carboxylic acid groups (broad SMARTS) is 1. The fraction of sp³-hybridized carbons (Fsp3) is 0.235. The van der Waals surface area contributed by atoms with E-state index in [1.54, 1.807) is 12.1 Å². The van der Waals surface area contributed by atoms with Crippen molar-refractivity contribution in [3.05, 3.63) is 47.0 Å². The number of hydrogen-bond donors (Lipinski definition) is 1. The van der Waals surface area contributed by atoms with Crippen LogP contribution in [-0.4, -0.2) is 54.1 Å². The molecule has 1 heterocycles. The molecule has 1 aromatic rings. The lowest BCUT2D eigenvalue weighted by Crippen LogP contribution is -2.48. The highest BCUT2D eigenvalue weighted by Crippen LogP contribution is 2.24. The van der Waals surface area contributed by atoms with Crippen LogP contribution in [0.2, 0.25) is 0 Å². The molecule has 0 aromatic heterocycles. The first kappa shape index (κ1) is 17.9. The second kappa shape index (κ2) is 6.97. The van der Waals surface area contributed by atoms with Gasteiger partial charge in [-0.05, 0) is 36.8 Å². The van der Waals surface area contributed by atoms with E-state index in [-0.39, 0.29) is 17.0 Å². The Morgan fingerprint density at radius 3 is 2.32 bits per heavy atom. The summed E-state index contributed by atoms with van der Waals surface area (Å²) in [6.45, 7) is 7.78. The van der Waals surface area contributed by atoms with Crippen LogP contribution in [0.5, 0.6) is 0 Å². The van der Waals surface area contributed by atoms with Crippen molar-refractivity contribution in [1.82, 2.24) is 4.90 Å². The Morgan fingerprint density at radius 2 is 1.84 bits per heavy atom. The fourth-order valence-corrected chi connectivity index (χ4v) is 2.28. The normalized spacial score (nSPS) is 16.2. The molecule has 0 aliphatic carbocycles. The number of carbonyl (C=O) groups is 3. The smallest absolute Gasteiger partial charge is 0.323 e. The Labute approximate surface area is 144 Å². The van der Waals surface area contributed by atoms with Crippen molar-refractivity contribution in [3.63, 3.8) is 0 Å². The maximum atomic E-state index is 12.5. The zero-order valence-corrected chi connectivity index (χ0v) is 14.0. The molecule has 25 heavy (non-hydrogen) atoms. The average molecular weight is 340 g/mol. The number of amides is 2. The summed E-state index contributed by atoms with van der Waals surface area (Å²) in [5.74, 6) is -3.09. The Bertz CT molecular complexity index is 844. The Kier molecular flexibility index (Phi) is 4.98. The first-order valence-electron chi connectivity index (χ1n) is 7.29. The van der Waals surface area contributed by atoms with Gasteiger partial charge < -0.3 is 10.0 Å². The van der Waals surface area contributed by atoms with E-state index in [2.05, 4.69) is 9.84 Å². The lowest BCUT2D eigenvalue weighted by atomic mass is 10.0. The van der Waals surface area contributed by atoms with Crippen molar-refractivity contribution in [1.29, 1.82) is 0 Å². The van der Waals surface area contributed by atoms with E-state index >= 15 is 0 Å². The van der Waals surface area contributed by atoms with Crippen LogP contribution in [0.15, 0.2) is 40.5 Å². The molecule has 0 unspecified atom stereocenters. The van der Waals surface area contributed by atoms with E-state index < -0.39 is 24.3 Å². The molecule has 8 nitrogen and oxygen atoms in total. The van der Waals surface area contributed by atoms with Gasteiger partial charge in [0.05, 0.1) is 12.3 Å². The highest BCUT2D eigenvalue weighted by Gasteiger charge is 2.37. The summed E-state index contributed by atoms with van der Waals surface area (Å²) in [7, 11) is 3.77. The maximum absolute atomic E-state index is 12.5. The number of aliphatic carboxylic acids is 1. The SMILES string of the molecule is [C-]#[N+]C1=C(C)C(=Nc2ccc(N(C)C)cc2)C(=O)N(CC(=O)O)C1=O. The molecule has 0 bridgehead atoms. The van der Waals surface area contributed by atoms with Gasteiger partial charge in [0, 0.05) is 19.8 Å². The van der Waals surface area contributed by atoms with E-state index in [0.29, 0.717) is 10.6 Å². The molecule has 1 aromatic carbocycles. The summed E-state index contributed by atoms with van der Waals surface area (Å²) in [5.41, 5.74) is 1.13. The third-order valence-electron chi connectivity index (χ3n) is 3.62. The van der Waals surface area contributed by atoms with E-state index in [0.717, 1.165) is 5.69 Å². The van der Waals surface area contributed by atoms with Crippen LogP contribution >= 0.6 is 0 Å². The molecule has 0 spiro atoms. The van der Waals surface area contributed by atoms with Crippen LogP contribution in [0.25, 0.3) is 4.85 Å².